The Morgan fingerprint density at radius 2 is 1.68 bits per heavy atom. The van der Waals surface area contributed by atoms with Crippen LogP contribution in [0.5, 0.6) is 0 Å². The predicted molar refractivity (Wildman–Crippen MR) is 129 cm³/mol. The van der Waals surface area contributed by atoms with Gasteiger partial charge in [-0.25, -0.2) is 9.78 Å². The average Bonchev–Trinajstić information content (AvgIpc) is 3.28. The summed E-state index contributed by atoms with van der Waals surface area (Å²) < 4.78 is 6.02. The Balaban J connectivity index is 1.34. The Labute approximate surface area is 196 Å². The van der Waals surface area contributed by atoms with Crippen LogP contribution in [0.4, 0.5) is 10.5 Å². The van der Waals surface area contributed by atoms with Crippen molar-refractivity contribution in [2.24, 2.45) is 0 Å². The fraction of sp³-hybridized carbons (Fsp3) is 0.192. The zero-order chi connectivity index (χ0) is 23.5. The number of carboxylic acid groups (broad SMARTS) is 1. The largest absolute Gasteiger partial charge is 0.465 e. The van der Waals surface area contributed by atoms with E-state index in [-0.39, 0.29) is 5.91 Å². The molecule has 0 atom stereocenters. The van der Waals surface area contributed by atoms with E-state index >= 15 is 0 Å². The third-order valence-corrected chi connectivity index (χ3v) is 5.94. The van der Waals surface area contributed by atoms with E-state index in [1.165, 1.54) is 4.90 Å². The monoisotopic (exact) mass is 456 g/mol. The average molecular weight is 457 g/mol. The molecule has 1 aliphatic rings. The van der Waals surface area contributed by atoms with Crippen LogP contribution in [-0.4, -0.2) is 58.1 Å². The summed E-state index contributed by atoms with van der Waals surface area (Å²) in [7, 11) is 0. The van der Waals surface area contributed by atoms with E-state index in [4.69, 9.17) is 14.5 Å². The lowest BCUT2D eigenvalue weighted by molar-refractivity contribution is 0.102. The molecule has 2 N–H and O–H groups in total. The number of oxazole rings is 1. The van der Waals surface area contributed by atoms with Crippen LogP contribution in [0.25, 0.3) is 22.6 Å². The maximum absolute atomic E-state index is 12.7. The number of carbonyl (C=O) groups excluding carboxylic acids is 1. The molecule has 34 heavy (non-hydrogen) atoms. The molecule has 172 valence electrons. The number of aromatic nitrogens is 1. The van der Waals surface area contributed by atoms with E-state index in [2.05, 4.69) is 10.2 Å². The summed E-state index contributed by atoms with van der Waals surface area (Å²) in [6, 6.07) is 22.4. The van der Waals surface area contributed by atoms with Gasteiger partial charge in [0.05, 0.1) is 11.3 Å². The molecule has 2 amide bonds. The second-order valence-electron chi connectivity index (χ2n) is 8.23. The SMILES string of the molecule is O=C(Nc1ccccc1-c1nc2cc(CN3CCN(C(=O)O)CC3)ccc2o1)c1ccccc1. The van der Waals surface area contributed by atoms with Gasteiger partial charge in [0, 0.05) is 38.3 Å². The first-order valence-electron chi connectivity index (χ1n) is 11.1. The summed E-state index contributed by atoms with van der Waals surface area (Å²) in [6.07, 6.45) is -0.864. The van der Waals surface area contributed by atoms with E-state index in [0.29, 0.717) is 54.5 Å². The van der Waals surface area contributed by atoms with Crippen LogP contribution < -0.4 is 5.32 Å². The first-order chi connectivity index (χ1) is 16.6. The van der Waals surface area contributed by atoms with Crippen molar-refractivity contribution in [1.82, 2.24) is 14.8 Å². The molecule has 4 aromatic rings. The minimum absolute atomic E-state index is 0.200. The van der Waals surface area contributed by atoms with Crippen molar-refractivity contribution in [2.45, 2.75) is 6.54 Å². The second-order valence-corrected chi connectivity index (χ2v) is 8.23. The summed E-state index contributed by atoms with van der Waals surface area (Å²) in [4.78, 5) is 32.1. The molecule has 1 saturated heterocycles. The number of hydrogen-bond donors (Lipinski definition) is 2. The van der Waals surface area contributed by atoms with Gasteiger partial charge in [-0.1, -0.05) is 36.4 Å². The number of rotatable bonds is 5. The maximum Gasteiger partial charge on any atom is 0.407 e. The molecule has 3 aromatic carbocycles. The minimum Gasteiger partial charge on any atom is -0.465 e. The Morgan fingerprint density at radius 3 is 2.44 bits per heavy atom. The van der Waals surface area contributed by atoms with Crippen LogP contribution in [0.3, 0.4) is 0 Å². The van der Waals surface area contributed by atoms with Gasteiger partial charge in [0.2, 0.25) is 5.89 Å². The summed E-state index contributed by atoms with van der Waals surface area (Å²) in [6.45, 7) is 3.13. The van der Waals surface area contributed by atoms with E-state index in [1.807, 2.05) is 60.7 Å². The third-order valence-electron chi connectivity index (χ3n) is 5.94. The fourth-order valence-corrected chi connectivity index (χ4v) is 4.10. The van der Waals surface area contributed by atoms with E-state index < -0.39 is 6.09 Å². The maximum atomic E-state index is 12.7. The number of anilines is 1. The highest BCUT2D eigenvalue weighted by molar-refractivity contribution is 6.06. The molecule has 1 fully saturated rings. The molecular weight excluding hydrogens is 432 g/mol. The highest BCUT2D eigenvalue weighted by Crippen LogP contribution is 2.31. The van der Waals surface area contributed by atoms with Crippen LogP contribution in [0, 0.1) is 0 Å². The number of benzene rings is 3. The first-order valence-corrected chi connectivity index (χ1v) is 11.1. The Morgan fingerprint density at radius 1 is 0.941 bits per heavy atom. The molecular formula is C26H24N4O4. The molecule has 0 radical (unpaired) electrons. The number of hydrogen-bond acceptors (Lipinski definition) is 5. The van der Waals surface area contributed by atoms with Crippen LogP contribution in [0.2, 0.25) is 0 Å². The molecule has 1 aromatic heterocycles. The van der Waals surface area contributed by atoms with Crippen LogP contribution in [-0.2, 0) is 6.54 Å². The molecule has 8 heteroatoms. The van der Waals surface area contributed by atoms with Crippen LogP contribution in [0.15, 0.2) is 77.2 Å². The molecule has 0 saturated carbocycles. The Bertz CT molecular complexity index is 1330. The Hall–Kier alpha value is -4.17. The van der Waals surface area contributed by atoms with E-state index in [0.717, 1.165) is 17.6 Å². The third kappa shape index (κ3) is 4.62. The van der Waals surface area contributed by atoms with Crippen LogP contribution in [0.1, 0.15) is 15.9 Å². The quantitative estimate of drug-likeness (QED) is 0.457. The standard InChI is InChI=1S/C26H24N4O4/c31-24(19-6-2-1-3-7-19)27-21-9-5-4-8-20(21)25-28-22-16-18(10-11-23(22)34-25)17-29-12-14-30(15-13-29)26(32)33/h1-11,16H,12-15,17H2,(H,27,31)(H,32,33). The van der Waals surface area contributed by atoms with Gasteiger partial charge in [0.15, 0.2) is 5.58 Å². The topological polar surface area (TPSA) is 98.9 Å². The summed E-state index contributed by atoms with van der Waals surface area (Å²) >= 11 is 0. The van der Waals surface area contributed by atoms with Crippen molar-refractivity contribution in [3.8, 4) is 11.5 Å². The molecule has 0 bridgehead atoms. The smallest absolute Gasteiger partial charge is 0.407 e. The zero-order valence-electron chi connectivity index (χ0n) is 18.5. The lowest BCUT2D eigenvalue weighted by atomic mass is 10.1. The summed E-state index contributed by atoms with van der Waals surface area (Å²) in [5.74, 6) is 0.237. The molecule has 1 aliphatic heterocycles. The molecule has 8 nitrogen and oxygen atoms in total. The zero-order valence-corrected chi connectivity index (χ0v) is 18.5. The Kier molecular flexibility index (Phi) is 5.97. The van der Waals surface area contributed by atoms with Gasteiger partial charge >= 0.3 is 6.09 Å². The number of para-hydroxylation sites is 1. The van der Waals surface area contributed by atoms with E-state index in [1.54, 1.807) is 12.1 Å². The minimum atomic E-state index is -0.864. The van der Waals surface area contributed by atoms with Gasteiger partial charge in [-0.15, -0.1) is 0 Å². The van der Waals surface area contributed by atoms with Gasteiger partial charge in [-0.3, -0.25) is 9.69 Å². The first kappa shape index (κ1) is 21.7. The number of nitrogens with one attached hydrogen (secondary N) is 1. The highest BCUT2D eigenvalue weighted by atomic mass is 16.4. The van der Waals surface area contributed by atoms with Gasteiger partial charge in [0.1, 0.15) is 5.52 Å². The van der Waals surface area contributed by atoms with Crippen molar-refractivity contribution in [1.29, 1.82) is 0 Å². The van der Waals surface area contributed by atoms with Crippen molar-refractivity contribution in [3.63, 3.8) is 0 Å². The lowest BCUT2D eigenvalue weighted by Crippen LogP contribution is -2.47. The molecule has 0 aliphatic carbocycles. The van der Waals surface area contributed by atoms with Crippen molar-refractivity contribution < 1.29 is 19.1 Å². The number of piperazine rings is 1. The summed E-state index contributed by atoms with van der Waals surface area (Å²) in [5.41, 5.74) is 4.39. The molecule has 0 spiro atoms. The van der Waals surface area contributed by atoms with Crippen molar-refractivity contribution >= 4 is 28.8 Å². The van der Waals surface area contributed by atoms with Crippen LogP contribution >= 0.6 is 0 Å². The normalized spacial score (nSPS) is 14.3. The van der Waals surface area contributed by atoms with Crippen molar-refractivity contribution in [2.75, 3.05) is 31.5 Å². The second kappa shape index (κ2) is 9.36. The molecule has 0 unspecified atom stereocenters. The number of amides is 2. The molecule has 5 rings (SSSR count). The number of fused-ring (bicyclic) bond motifs is 1. The fourth-order valence-electron chi connectivity index (χ4n) is 4.10. The van der Waals surface area contributed by atoms with Crippen molar-refractivity contribution in [3.05, 3.63) is 83.9 Å². The summed E-state index contributed by atoms with van der Waals surface area (Å²) in [5, 5.41) is 12.1. The number of carbonyl (C=O) groups is 2. The number of nitrogens with zero attached hydrogens (tertiary/aromatic N) is 3. The van der Waals surface area contributed by atoms with Gasteiger partial charge < -0.3 is 19.7 Å². The van der Waals surface area contributed by atoms with Gasteiger partial charge in [0.25, 0.3) is 5.91 Å². The lowest BCUT2D eigenvalue weighted by Gasteiger charge is -2.33. The van der Waals surface area contributed by atoms with Gasteiger partial charge in [-0.05, 0) is 42.0 Å². The highest BCUT2D eigenvalue weighted by Gasteiger charge is 2.21. The predicted octanol–water partition coefficient (Wildman–Crippen LogP) is 4.54. The molecule has 2 heterocycles. The van der Waals surface area contributed by atoms with Gasteiger partial charge in [-0.2, -0.15) is 0 Å². The van der Waals surface area contributed by atoms with E-state index in [9.17, 15) is 9.59 Å².